The van der Waals surface area contributed by atoms with Crippen LogP contribution in [0.2, 0.25) is 0 Å². The molecule has 1 fully saturated rings. The van der Waals surface area contributed by atoms with Gasteiger partial charge in [-0.3, -0.25) is 0 Å². The number of aryl methyl sites for hydroxylation is 1. The van der Waals surface area contributed by atoms with Gasteiger partial charge in [0.15, 0.2) is 5.82 Å². The van der Waals surface area contributed by atoms with Gasteiger partial charge in [0.05, 0.1) is 29.3 Å². The van der Waals surface area contributed by atoms with E-state index in [1.165, 1.54) is 5.69 Å². The first kappa shape index (κ1) is 16.2. The molecule has 1 aliphatic heterocycles. The second-order valence-electron chi connectivity index (χ2n) is 7.33. The minimum atomic E-state index is 0.852. The summed E-state index contributed by atoms with van der Waals surface area (Å²) in [5.41, 5.74) is 7.53. The molecular weight excluding hydrogens is 338 g/mol. The number of H-pyrrole nitrogens is 2. The van der Waals surface area contributed by atoms with E-state index in [4.69, 9.17) is 9.40 Å². The molecule has 0 saturated carbocycles. The summed E-state index contributed by atoms with van der Waals surface area (Å²) >= 11 is 0. The van der Waals surface area contributed by atoms with Gasteiger partial charge in [0.25, 0.3) is 0 Å². The smallest absolute Gasteiger partial charge is 0.155 e. The first-order valence-corrected chi connectivity index (χ1v) is 9.33. The molecule has 0 radical (unpaired) electrons. The molecular formula is C21H23N5O. The van der Waals surface area contributed by atoms with Gasteiger partial charge in [0, 0.05) is 48.7 Å². The summed E-state index contributed by atoms with van der Waals surface area (Å²) < 4.78 is 5.26. The summed E-state index contributed by atoms with van der Waals surface area (Å²) in [7, 11) is 2.18. The van der Waals surface area contributed by atoms with Crippen LogP contribution in [0.3, 0.4) is 0 Å². The second-order valence-corrected chi connectivity index (χ2v) is 7.33. The van der Waals surface area contributed by atoms with Gasteiger partial charge in [-0.2, -0.15) is 0 Å². The number of benzene rings is 1. The van der Waals surface area contributed by atoms with E-state index in [2.05, 4.69) is 58.0 Å². The number of hydrogen-bond donors (Lipinski definition) is 2. The number of fused-ring (bicyclic) bond motifs is 1. The van der Waals surface area contributed by atoms with Crippen molar-refractivity contribution in [2.24, 2.45) is 0 Å². The van der Waals surface area contributed by atoms with Gasteiger partial charge in [0.1, 0.15) is 0 Å². The van der Waals surface area contributed by atoms with Gasteiger partial charge < -0.3 is 24.2 Å². The van der Waals surface area contributed by atoms with Crippen LogP contribution in [0, 0.1) is 6.92 Å². The Morgan fingerprint density at radius 3 is 2.67 bits per heavy atom. The average molecular weight is 361 g/mol. The van der Waals surface area contributed by atoms with Crippen molar-refractivity contribution < 1.29 is 4.42 Å². The molecule has 6 heteroatoms. The molecule has 1 aliphatic rings. The van der Waals surface area contributed by atoms with Crippen LogP contribution < -0.4 is 4.90 Å². The number of aromatic amines is 2. The Bertz CT molecular complexity index is 1070. The highest BCUT2D eigenvalue weighted by Crippen LogP contribution is 2.33. The summed E-state index contributed by atoms with van der Waals surface area (Å²) in [5, 5.41) is 0. The molecule has 2 N–H and O–H groups in total. The largest absolute Gasteiger partial charge is 0.472 e. The fraction of sp³-hybridized carbons (Fsp3) is 0.286. The lowest BCUT2D eigenvalue weighted by molar-refractivity contribution is 0.313. The molecule has 0 bridgehead atoms. The standard InChI is InChI=1S/C21H23N5O/c1-14-11-17(15-5-10-27-13-15)20(22-14)21-23-18-4-3-16(12-19(18)24-21)26-8-6-25(2)7-9-26/h3-5,10-13,22H,6-9H2,1-2H3,(H,23,24). The zero-order valence-corrected chi connectivity index (χ0v) is 15.6. The summed E-state index contributed by atoms with van der Waals surface area (Å²) in [6, 6.07) is 10.6. The summed E-state index contributed by atoms with van der Waals surface area (Å²) in [5.74, 6) is 0.852. The molecule has 3 aromatic heterocycles. The van der Waals surface area contributed by atoms with Gasteiger partial charge in [0.2, 0.25) is 0 Å². The summed E-state index contributed by atoms with van der Waals surface area (Å²) in [6.07, 6.45) is 3.46. The SMILES string of the molecule is Cc1cc(-c2ccoc2)c(-c2nc3ccc(N4CCN(C)CC4)cc3[nH]2)[nH]1. The van der Waals surface area contributed by atoms with Crippen LogP contribution in [0.15, 0.2) is 47.3 Å². The lowest BCUT2D eigenvalue weighted by Crippen LogP contribution is -2.44. The average Bonchev–Trinajstić information content (AvgIpc) is 3.40. The normalized spacial score (nSPS) is 15.7. The Morgan fingerprint density at radius 1 is 1.04 bits per heavy atom. The molecule has 0 amide bonds. The predicted octanol–water partition coefficient (Wildman–Crippen LogP) is 3.88. The monoisotopic (exact) mass is 361 g/mol. The van der Waals surface area contributed by atoms with Gasteiger partial charge >= 0.3 is 0 Å². The molecule has 5 rings (SSSR count). The van der Waals surface area contributed by atoms with Crippen molar-refractivity contribution in [3.05, 3.63) is 48.6 Å². The fourth-order valence-electron chi connectivity index (χ4n) is 3.80. The van der Waals surface area contributed by atoms with Gasteiger partial charge in [-0.25, -0.2) is 4.98 Å². The number of anilines is 1. The second kappa shape index (κ2) is 6.32. The van der Waals surface area contributed by atoms with Crippen LogP contribution in [-0.4, -0.2) is 53.1 Å². The molecule has 1 saturated heterocycles. The predicted molar refractivity (Wildman–Crippen MR) is 108 cm³/mol. The number of nitrogens with zero attached hydrogens (tertiary/aromatic N) is 3. The molecule has 1 aromatic carbocycles. The zero-order valence-electron chi connectivity index (χ0n) is 15.6. The third kappa shape index (κ3) is 2.92. The number of imidazole rings is 1. The van der Waals surface area contributed by atoms with Crippen LogP contribution in [0.1, 0.15) is 5.69 Å². The summed E-state index contributed by atoms with van der Waals surface area (Å²) in [4.78, 5) is 16.6. The molecule has 27 heavy (non-hydrogen) atoms. The quantitative estimate of drug-likeness (QED) is 0.581. The maximum atomic E-state index is 5.26. The minimum Gasteiger partial charge on any atom is -0.472 e. The third-order valence-corrected chi connectivity index (χ3v) is 5.36. The number of likely N-dealkylation sites (N-methyl/N-ethyl adjacent to an activating group) is 1. The summed E-state index contributed by atoms with van der Waals surface area (Å²) in [6.45, 7) is 6.37. The lowest BCUT2D eigenvalue weighted by Gasteiger charge is -2.34. The first-order valence-electron chi connectivity index (χ1n) is 9.33. The van der Waals surface area contributed by atoms with E-state index in [1.54, 1.807) is 12.5 Å². The van der Waals surface area contributed by atoms with E-state index >= 15 is 0 Å². The Hall–Kier alpha value is -2.99. The van der Waals surface area contributed by atoms with E-state index in [1.807, 2.05) is 6.07 Å². The van der Waals surface area contributed by atoms with Crippen LogP contribution >= 0.6 is 0 Å². The molecule has 0 atom stereocenters. The van der Waals surface area contributed by atoms with Gasteiger partial charge in [-0.05, 0) is 44.3 Å². The van der Waals surface area contributed by atoms with Crippen molar-refractivity contribution in [3.63, 3.8) is 0 Å². The Kier molecular flexibility index (Phi) is 3.79. The van der Waals surface area contributed by atoms with Crippen molar-refractivity contribution in [2.45, 2.75) is 6.92 Å². The topological polar surface area (TPSA) is 64.1 Å². The van der Waals surface area contributed by atoms with E-state index < -0.39 is 0 Å². The Morgan fingerprint density at radius 2 is 1.89 bits per heavy atom. The van der Waals surface area contributed by atoms with E-state index in [0.717, 1.165) is 65.6 Å². The van der Waals surface area contributed by atoms with E-state index in [0.29, 0.717) is 0 Å². The maximum Gasteiger partial charge on any atom is 0.155 e. The molecule has 6 nitrogen and oxygen atoms in total. The lowest BCUT2D eigenvalue weighted by atomic mass is 10.1. The van der Waals surface area contributed by atoms with E-state index in [9.17, 15) is 0 Å². The molecule has 0 spiro atoms. The molecule has 0 aliphatic carbocycles. The first-order chi connectivity index (χ1) is 13.2. The van der Waals surface area contributed by atoms with Crippen LogP contribution in [0.5, 0.6) is 0 Å². The van der Waals surface area contributed by atoms with Crippen molar-refractivity contribution in [1.82, 2.24) is 19.9 Å². The molecule has 4 heterocycles. The molecule has 138 valence electrons. The Balaban J connectivity index is 1.53. The number of rotatable bonds is 3. The zero-order chi connectivity index (χ0) is 18.4. The minimum absolute atomic E-state index is 0.852. The maximum absolute atomic E-state index is 5.26. The van der Waals surface area contributed by atoms with E-state index in [-0.39, 0.29) is 0 Å². The highest BCUT2D eigenvalue weighted by atomic mass is 16.3. The number of hydrogen-bond acceptors (Lipinski definition) is 4. The van der Waals surface area contributed by atoms with Crippen molar-refractivity contribution in [2.75, 3.05) is 38.1 Å². The van der Waals surface area contributed by atoms with Crippen LogP contribution in [-0.2, 0) is 0 Å². The number of piperazine rings is 1. The molecule has 4 aromatic rings. The van der Waals surface area contributed by atoms with Gasteiger partial charge in [-0.15, -0.1) is 0 Å². The fourth-order valence-corrected chi connectivity index (χ4v) is 3.80. The number of nitrogens with one attached hydrogen (secondary N) is 2. The number of furan rings is 1. The van der Waals surface area contributed by atoms with Crippen LogP contribution in [0.25, 0.3) is 33.7 Å². The number of aromatic nitrogens is 3. The van der Waals surface area contributed by atoms with Crippen molar-refractivity contribution >= 4 is 16.7 Å². The third-order valence-electron chi connectivity index (χ3n) is 5.36. The van der Waals surface area contributed by atoms with Crippen LogP contribution in [0.4, 0.5) is 5.69 Å². The highest BCUT2D eigenvalue weighted by Gasteiger charge is 2.17. The van der Waals surface area contributed by atoms with Crippen molar-refractivity contribution in [3.8, 4) is 22.6 Å². The van der Waals surface area contributed by atoms with Gasteiger partial charge in [-0.1, -0.05) is 0 Å². The Labute approximate surface area is 157 Å². The molecule has 0 unspecified atom stereocenters. The highest BCUT2D eigenvalue weighted by molar-refractivity contribution is 5.86. The van der Waals surface area contributed by atoms with Crippen molar-refractivity contribution in [1.29, 1.82) is 0 Å².